The summed E-state index contributed by atoms with van der Waals surface area (Å²) in [6.07, 6.45) is 2.59. The first-order chi connectivity index (χ1) is 12.0. The van der Waals surface area contributed by atoms with Crippen molar-refractivity contribution in [2.75, 3.05) is 21.3 Å². The lowest BCUT2D eigenvalue weighted by molar-refractivity contribution is -0.135. The quantitative estimate of drug-likeness (QED) is 0.369. The maximum atomic E-state index is 11.7. The number of amides is 1. The smallest absolute Gasteiger partial charge is 0.331 e. The number of aryl methyl sites for hydroxylation is 1. The Morgan fingerprint density at radius 1 is 1.20 bits per heavy atom. The number of methoxy groups -OCH3 is 3. The number of nitrogens with zero attached hydrogens (tertiary/aromatic N) is 2. The molecule has 8 nitrogen and oxygen atoms in total. The van der Waals surface area contributed by atoms with Crippen LogP contribution in [0.1, 0.15) is 11.1 Å². The van der Waals surface area contributed by atoms with E-state index in [9.17, 15) is 9.59 Å². The molecule has 0 spiro atoms. The molecular formula is C16H17N3O5S. The van der Waals surface area contributed by atoms with Gasteiger partial charge in [0, 0.05) is 11.6 Å². The summed E-state index contributed by atoms with van der Waals surface area (Å²) in [6, 6.07) is 3.61. The van der Waals surface area contributed by atoms with Crippen LogP contribution in [0.2, 0.25) is 0 Å². The maximum Gasteiger partial charge on any atom is 0.331 e. The summed E-state index contributed by atoms with van der Waals surface area (Å²) in [7, 11) is 4.37. The van der Waals surface area contributed by atoms with E-state index < -0.39 is 11.9 Å². The molecule has 0 atom stereocenters. The van der Waals surface area contributed by atoms with E-state index in [1.54, 1.807) is 20.3 Å². The number of ether oxygens (including phenoxy) is 3. The topological polar surface area (TPSA) is 98.6 Å². The molecule has 1 saturated heterocycles. The van der Waals surface area contributed by atoms with Gasteiger partial charge in [0.25, 0.3) is 5.91 Å². The summed E-state index contributed by atoms with van der Waals surface area (Å²) in [5.41, 5.74) is 1.60. The first-order valence-corrected chi connectivity index (χ1v) is 7.92. The molecule has 25 heavy (non-hydrogen) atoms. The van der Waals surface area contributed by atoms with Crippen LogP contribution in [0.5, 0.6) is 11.5 Å². The number of carbonyl (C=O) groups is 2. The van der Waals surface area contributed by atoms with Crippen LogP contribution in [0.3, 0.4) is 0 Å². The molecule has 1 amide bonds. The summed E-state index contributed by atoms with van der Waals surface area (Å²) in [5.74, 6) is 0.274. The van der Waals surface area contributed by atoms with Crippen molar-refractivity contribution in [3.8, 4) is 11.5 Å². The van der Waals surface area contributed by atoms with Gasteiger partial charge in [0.15, 0.2) is 5.17 Å². The lowest BCUT2D eigenvalue weighted by Gasteiger charge is -2.09. The Kier molecular flexibility index (Phi) is 6.18. The number of carbonyl (C=O) groups excluding carboxylic acids is 2. The van der Waals surface area contributed by atoms with Crippen LogP contribution < -0.4 is 14.8 Å². The third kappa shape index (κ3) is 4.60. The van der Waals surface area contributed by atoms with Crippen LogP contribution in [0.4, 0.5) is 0 Å². The lowest BCUT2D eigenvalue weighted by Crippen LogP contribution is -2.19. The highest BCUT2D eigenvalue weighted by atomic mass is 32.2. The standard InChI is InChI=1S/C16H17N3O5S/c1-9-5-12(23-3)10(6-11(9)22-2)8-17-19-16-18-15(21)13(25-16)7-14(20)24-4/h5-8H,1-4H3,(H,18,19,21)/b13-7+,17-8?. The van der Waals surface area contributed by atoms with Crippen LogP contribution in [0.25, 0.3) is 0 Å². The highest BCUT2D eigenvalue weighted by Crippen LogP contribution is 2.27. The van der Waals surface area contributed by atoms with Crippen molar-refractivity contribution in [2.45, 2.75) is 6.92 Å². The second-order valence-electron chi connectivity index (χ2n) is 4.80. The van der Waals surface area contributed by atoms with Gasteiger partial charge in [-0.05, 0) is 36.4 Å². The average Bonchev–Trinajstić information content (AvgIpc) is 2.95. The summed E-state index contributed by atoms with van der Waals surface area (Å²) in [6.45, 7) is 1.91. The van der Waals surface area contributed by atoms with Crippen LogP contribution in [0, 0.1) is 6.92 Å². The van der Waals surface area contributed by atoms with Crippen LogP contribution >= 0.6 is 11.8 Å². The number of amidine groups is 1. The Morgan fingerprint density at radius 2 is 1.92 bits per heavy atom. The Labute approximate surface area is 148 Å². The molecule has 132 valence electrons. The first-order valence-electron chi connectivity index (χ1n) is 7.11. The van der Waals surface area contributed by atoms with E-state index >= 15 is 0 Å². The number of hydrogen-bond acceptors (Lipinski definition) is 8. The van der Waals surface area contributed by atoms with E-state index in [2.05, 4.69) is 20.3 Å². The molecule has 2 rings (SSSR count). The Bertz CT molecular complexity index is 786. The molecule has 1 aliphatic rings. The van der Waals surface area contributed by atoms with Crippen LogP contribution in [0.15, 0.2) is 33.3 Å². The van der Waals surface area contributed by atoms with Gasteiger partial charge in [-0.15, -0.1) is 5.10 Å². The minimum Gasteiger partial charge on any atom is -0.496 e. The van der Waals surface area contributed by atoms with Crippen molar-refractivity contribution in [1.82, 2.24) is 5.32 Å². The number of rotatable bonds is 5. The molecule has 1 aromatic rings. The molecule has 9 heteroatoms. The zero-order valence-corrected chi connectivity index (χ0v) is 15.0. The van der Waals surface area contributed by atoms with Gasteiger partial charge in [0.05, 0.1) is 32.4 Å². The number of nitrogens with one attached hydrogen (secondary N) is 1. The summed E-state index contributed by atoms with van der Waals surface area (Å²) < 4.78 is 15.1. The van der Waals surface area contributed by atoms with Gasteiger partial charge in [0.1, 0.15) is 11.5 Å². The zero-order chi connectivity index (χ0) is 18.4. The number of benzene rings is 1. The van der Waals surface area contributed by atoms with E-state index in [0.717, 1.165) is 23.4 Å². The fraction of sp³-hybridized carbons (Fsp3) is 0.250. The average molecular weight is 363 g/mol. The molecular weight excluding hydrogens is 346 g/mol. The van der Waals surface area contributed by atoms with Crippen molar-refractivity contribution in [1.29, 1.82) is 0 Å². The Balaban J connectivity index is 2.18. The van der Waals surface area contributed by atoms with Crippen molar-refractivity contribution in [2.24, 2.45) is 10.2 Å². The van der Waals surface area contributed by atoms with E-state index in [0.29, 0.717) is 17.1 Å². The zero-order valence-electron chi connectivity index (χ0n) is 14.2. The minimum atomic E-state index is -0.612. The van der Waals surface area contributed by atoms with Gasteiger partial charge < -0.3 is 14.2 Å². The second-order valence-corrected chi connectivity index (χ2v) is 5.83. The lowest BCUT2D eigenvalue weighted by atomic mass is 10.1. The highest BCUT2D eigenvalue weighted by molar-refractivity contribution is 8.18. The molecule has 0 unspecified atom stereocenters. The fourth-order valence-corrected chi connectivity index (χ4v) is 2.70. The predicted molar refractivity (Wildman–Crippen MR) is 95.1 cm³/mol. The molecule has 0 bridgehead atoms. The van der Waals surface area contributed by atoms with Crippen molar-refractivity contribution >= 4 is 35.0 Å². The number of thioether (sulfide) groups is 1. The molecule has 0 aliphatic carbocycles. The van der Waals surface area contributed by atoms with Crippen molar-refractivity contribution < 1.29 is 23.8 Å². The van der Waals surface area contributed by atoms with E-state index in [-0.39, 0.29) is 10.1 Å². The van der Waals surface area contributed by atoms with E-state index in [4.69, 9.17) is 9.47 Å². The van der Waals surface area contributed by atoms with E-state index in [1.807, 2.05) is 13.0 Å². The molecule has 1 aliphatic heterocycles. The number of hydrogen-bond donors (Lipinski definition) is 1. The van der Waals surface area contributed by atoms with Gasteiger partial charge in [-0.1, -0.05) is 0 Å². The minimum absolute atomic E-state index is 0.190. The van der Waals surface area contributed by atoms with Gasteiger partial charge in [-0.25, -0.2) is 4.79 Å². The molecule has 1 N–H and O–H groups in total. The number of esters is 1. The SMILES string of the molecule is COC(=O)/C=C1/S/C(=N\N=Cc2cc(OC)c(C)cc2OC)NC1=O. The maximum absolute atomic E-state index is 11.7. The van der Waals surface area contributed by atoms with Crippen LogP contribution in [-0.4, -0.2) is 44.6 Å². The summed E-state index contributed by atoms with van der Waals surface area (Å²) >= 11 is 0.998. The molecule has 1 heterocycles. The molecule has 1 fully saturated rings. The van der Waals surface area contributed by atoms with Gasteiger partial charge in [-0.2, -0.15) is 5.10 Å². The van der Waals surface area contributed by atoms with Crippen molar-refractivity contribution in [3.05, 3.63) is 34.2 Å². The normalized spacial score (nSPS) is 17.2. The predicted octanol–water partition coefficient (Wildman–Crippen LogP) is 1.62. The second kappa shape index (κ2) is 8.34. The molecule has 0 saturated carbocycles. The third-order valence-corrected chi connectivity index (χ3v) is 4.09. The van der Waals surface area contributed by atoms with Crippen LogP contribution in [-0.2, 0) is 14.3 Å². The summed E-state index contributed by atoms with van der Waals surface area (Å²) in [4.78, 5) is 23.1. The third-order valence-electron chi connectivity index (χ3n) is 3.19. The summed E-state index contributed by atoms with van der Waals surface area (Å²) in [5, 5.41) is 10.7. The monoisotopic (exact) mass is 363 g/mol. The van der Waals surface area contributed by atoms with Crippen molar-refractivity contribution in [3.63, 3.8) is 0 Å². The Morgan fingerprint density at radius 3 is 2.56 bits per heavy atom. The highest BCUT2D eigenvalue weighted by Gasteiger charge is 2.25. The van der Waals surface area contributed by atoms with E-state index in [1.165, 1.54) is 13.3 Å². The van der Waals surface area contributed by atoms with Gasteiger partial charge in [0.2, 0.25) is 0 Å². The molecule has 0 radical (unpaired) electrons. The van der Waals surface area contributed by atoms with Gasteiger partial charge >= 0.3 is 5.97 Å². The fourth-order valence-electron chi connectivity index (χ4n) is 1.96. The molecule has 1 aromatic carbocycles. The van der Waals surface area contributed by atoms with Gasteiger partial charge in [-0.3, -0.25) is 10.1 Å². The molecule has 0 aromatic heterocycles. The largest absolute Gasteiger partial charge is 0.496 e. The Hall–Kier alpha value is -2.81. The first kappa shape index (κ1) is 18.5.